The molecule has 3 rings (SSSR count). The minimum Gasteiger partial charge on any atom is -0.333 e. The van der Waals surface area contributed by atoms with Crippen LogP contribution < -0.4 is 0 Å². The molecule has 1 aliphatic carbocycles. The Morgan fingerprint density at radius 3 is 2.90 bits per heavy atom. The van der Waals surface area contributed by atoms with Crippen LogP contribution in [0.1, 0.15) is 12.1 Å². The van der Waals surface area contributed by atoms with Crippen molar-refractivity contribution in [3.8, 4) is 11.8 Å². The van der Waals surface area contributed by atoms with Gasteiger partial charge in [0.05, 0.1) is 5.69 Å². The molecule has 2 aromatic rings. The Morgan fingerprint density at radius 2 is 2.19 bits per heavy atom. The summed E-state index contributed by atoms with van der Waals surface area (Å²) in [7, 11) is 4.17. The van der Waals surface area contributed by atoms with Gasteiger partial charge in [0.15, 0.2) is 0 Å². The number of likely N-dealkylation sites (N-methyl/N-ethyl adjacent to an activating group) is 1. The van der Waals surface area contributed by atoms with Gasteiger partial charge in [0.25, 0.3) is 0 Å². The Bertz CT molecular complexity index is 787. The van der Waals surface area contributed by atoms with Crippen molar-refractivity contribution < 1.29 is 0 Å². The number of aromatic nitrogens is 2. The molecule has 0 aliphatic heterocycles. The predicted molar refractivity (Wildman–Crippen MR) is 87.3 cm³/mol. The van der Waals surface area contributed by atoms with Gasteiger partial charge in [-0.3, -0.25) is 0 Å². The number of nitrogens with one attached hydrogen (secondary N) is 1. The minimum absolute atomic E-state index is 0.468. The molecule has 0 spiro atoms. The van der Waals surface area contributed by atoms with Crippen LogP contribution in [0.3, 0.4) is 0 Å². The highest BCUT2D eigenvalue weighted by atomic mass is 35.5. The summed E-state index contributed by atoms with van der Waals surface area (Å²) in [6.07, 6.45) is 7.45. The van der Waals surface area contributed by atoms with Crippen LogP contribution in [0.4, 0.5) is 0 Å². The fourth-order valence-corrected chi connectivity index (χ4v) is 2.42. The molecule has 0 bridgehead atoms. The van der Waals surface area contributed by atoms with E-state index in [9.17, 15) is 0 Å². The number of halogens is 1. The van der Waals surface area contributed by atoms with E-state index in [0.29, 0.717) is 11.2 Å². The Morgan fingerprint density at radius 1 is 1.33 bits per heavy atom. The normalized spacial score (nSPS) is 17.7. The lowest BCUT2D eigenvalue weighted by Gasteiger charge is -2.21. The van der Waals surface area contributed by atoms with E-state index in [1.807, 2.05) is 12.1 Å². The molecule has 0 fully saturated rings. The summed E-state index contributed by atoms with van der Waals surface area (Å²) in [6, 6.07) is 6.17. The van der Waals surface area contributed by atoms with E-state index in [1.54, 1.807) is 6.07 Å². The molecule has 0 amide bonds. The Hall–Kier alpha value is -2.02. The van der Waals surface area contributed by atoms with E-state index in [1.165, 1.54) is 0 Å². The molecule has 0 saturated heterocycles. The van der Waals surface area contributed by atoms with Gasteiger partial charge >= 0.3 is 0 Å². The third-order valence-corrected chi connectivity index (χ3v) is 3.74. The summed E-state index contributed by atoms with van der Waals surface area (Å²) < 4.78 is 0. The first-order chi connectivity index (χ1) is 10.1. The average Bonchev–Trinajstić information content (AvgIpc) is 2.87. The zero-order chi connectivity index (χ0) is 14.8. The van der Waals surface area contributed by atoms with E-state index in [-0.39, 0.29) is 0 Å². The molecule has 0 aromatic carbocycles. The molecule has 1 unspecified atom stereocenters. The van der Waals surface area contributed by atoms with Crippen LogP contribution in [-0.4, -0.2) is 35.0 Å². The van der Waals surface area contributed by atoms with Gasteiger partial charge in [-0.25, -0.2) is 4.98 Å². The maximum atomic E-state index is 5.88. The van der Waals surface area contributed by atoms with Crippen LogP contribution in [0.15, 0.2) is 42.0 Å². The average molecular weight is 298 g/mol. The zero-order valence-electron chi connectivity index (χ0n) is 12.0. The van der Waals surface area contributed by atoms with Crippen LogP contribution in [0.2, 0.25) is 5.15 Å². The van der Waals surface area contributed by atoms with Gasteiger partial charge in [-0.2, -0.15) is 0 Å². The van der Waals surface area contributed by atoms with Crippen molar-refractivity contribution in [1.29, 1.82) is 0 Å². The predicted octanol–water partition coefficient (Wildman–Crippen LogP) is 3.38. The standard InChI is InChI=1S/C17H16ClN3/c1-21(2)15-8-4-12(5-9-15)3-7-14-11-13-6-10-16(18)20-17(13)19-14/h4-6,8,10-11,15H,9H2,1-2H3,(H,19,20). The molecule has 1 N–H and O–H groups in total. The number of rotatable bonds is 1. The molecular weight excluding hydrogens is 282 g/mol. The van der Waals surface area contributed by atoms with Gasteiger partial charge in [-0.05, 0) is 50.7 Å². The van der Waals surface area contributed by atoms with Crippen LogP contribution in [-0.2, 0) is 0 Å². The topological polar surface area (TPSA) is 31.9 Å². The fraction of sp³-hybridized carbons (Fsp3) is 0.235. The molecule has 0 saturated carbocycles. The minimum atomic E-state index is 0.468. The van der Waals surface area contributed by atoms with E-state index >= 15 is 0 Å². The quantitative estimate of drug-likeness (QED) is 0.646. The van der Waals surface area contributed by atoms with E-state index in [4.69, 9.17) is 11.6 Å². The molecule has 2 heterocycles. The van der Waals surface area contributed by atoms with Crippen molar-refractivity contribution >= 4 is 22.6 Å². The number of H-pyrrole nitrogens is 1. The number of fused-ring (bicyclic) bond motifs is 1. The number of hydrogen-bond acceptors (Lipinski definition) is 2. The van der Waals surface area contributed by atoms with E-state index in [0.717, 1.165) is 28.7 Å². The van der Waals surface area contributed by atoms with Crippen molar-refractivity contribution in [2.45, 2.75) is 12.5 Å². The number of hydrogen-bond donors (Lipinski definition) is 1. The second-order valence-corrected chi connectivity index (χ2v) is 5.68. The third kappa shape index (κ3) is 3.18. The van der Waals surface area contributed by atoms with Gasteiger partial charge < -0.3 is 9.88 Å². The highest BCUT2D eigenvalue weighted by Crippen LogP contribution is 2.16. The molecule has 1 aliphatic rings. The van der Waals surface area contributed by atoms with Gasteiger partial charge in [-0.15, -0.1) is 0 Å². The summed E-state index contributed by atoms with van der Waals surface area (Å²) in [4.78, 5) is 9.60. The van der Waals surface area contributed by atoms with Gasteiger partial charge in [0, 0.05) is 17.0 Å². The Balaban J connectivity index is 1.79. The monoisotopic (exact) mass is 297 g/mol. The van der Waals surface area contributed by atoms with E-state index < -0.39 is 0 Å². The summed E-state index contributed by atoms with van der Waals surface area (Å²) in [5.41, 5.74) is 2.68. The lowest BCUT2D eigenvalue weighted by atomic mass is 10.0. The van der Waals surface area contributed by atoms with Crippen LogP contribution in [0.5, 0.6) is 0 Å². The molecule has 3 nitrogen and oxygen atoms in total. The lowest BCUT2D eigenvalue weighted by molar-refractivity contribution is 0.343. The number of nitrogens with zero attached hydrogens (tertiary/aromatic N) is 2. The smallest absolute Gasteiger partial charge is 0.140 e. The number of aromatic amines is 1. The Kier molecular flexibility index (Phi) is 3.83. The summed E-state index contributed by atoms with van der Waals surface area (Å²) in [5, 5.41) is 1.50. The van der Waals surface area contributed by atoms with E-state index in [2.05, 4.69) is 59.0 Å². The van der Waals surface area contributed by atoms with Crippen molar-refractivity contribution in [1.82, 2.24) is 14.9 Å². The molecule has 4 heteroatoms. The lowest BCUT2D eigenvalue weighted by Crippen LogP contribution is -2.26. The van der Waals surface area contributed by atoms with Crippen LogP contribution >= 0.6 is 11.6 Å². The number of allylic oxidation sites excluding steroid dienone is 2. The molecular formula is C17H16ClN3. The summed E-state index contributed by atoms with van der Waals surface area (Å²) in [5.74, 6) is 6.33. The summed E-state index contributed by atoms with van der Waals surface area (Å²) in [6.45, 7) is 0. The van der Waals surface area contributed by atoms with Gasteiger partial charge in [0.2, 0.25) is 0 Å². The van der Waals surface area contributed by atoms with Crippen LogP contribution in [0.25, 0.3) is 11.0 Å². The largest absolute Gasteiger partial charge is 0.333 e. The van der Waals surface area contributed by atoms with Crippen molar-refractivity contribution in [2.24, 2.45) is 0 Å². The first-order valence-corrected chi connectivity index (χ1v) is 7.22. The first kappa shape index (κ1) is 13.9. The van der Waals surface area contributed by atoms with Crippen molar-refractivity contribution in [3.05, 3.63) is 52.8 Å². The second-order valence-electron chi connectivity index (χ2n) is 5.29. The first-order valence-electron chi connectivity index (χ1n) is 6.84. The second kappa shape index (κ2) is 5.77. The maximum absolute atomic E-state index is 5.88. The number of pyridine rings is 1. The van der Waals surface area contributed by atoms with Gasteiger partial charge in [0.1, 0.15) is 10.8 Å². The third-order valence-electron chi connectivity index (χ3n) is 3.53. The molecule has 0 radical (unpaired) electrons. The SMILES string of the molecule is CN(C)C1C=CC(C#Cc2cc3ccc(Cl)nc3[nH]2)=CC1. The van der Waals surface area contributed by atoms with Crippen LogP contribution in [0, 0.1) is 11.8 Å². The highest BCUT2D eigenvalue weighted by molar-refractivity contribution is 6.29. The molecule has 1 atom stereocenters. The summed E-state index contributed by atoms with van der Waals surface area (Å²) >= 11 is 5.88. The zero-order valence-corrected chi connectivity index (χ0v) is 12.8. The maximum Gasteiger partial charge on any atom is 0.140 e. The van der Waals surface area contributed by atoms with Gasteiger partial charge in [-0.1, -0.05) is 29.7 Å². The molecule has 21 heavy (non-hydrogen) atoms. The fourth-order valence-electron chi connectivity index (χ4n) is 2.27. The highest BCUT2D eigenvalue weighted by Gasteiger charge is 2.09. The van der Waals surface area contributed by atoms with Crippen molar-refractivity contribution in [3.63, 3.8) is 0 Å². The molecule has 2 aromatic heterocycles. The van der Waals surface area contributed by atoms with Crippen molar-refractivity contribution in [2.75, 3.05) is 14.1 Å². The Labute approximate surface area is 129 Å². The molecule has 106 valence electrons.